The van der Waals surface area contributed by atoms with E-state index < -0.39 is 12.8 Å². The fraction of sp³-hybridized carbons (Fsp3) is 0.364. The van der Waals surface area contributed by atoms with Crippen LogP contribution in [0.4, 0.5) is 13.2 Å². The molecule has 0 heterocycles. The Morgan fingerprint density at radius 3 is 2.58 bits per heavy atom. The molecule has 1 aromatic rings. The number of nitrogens with two attached hydrogens (primary N) is 1. The molecule has 0 aliphatic carbocycles. The molecule has 0 aliphatic rings. The molecule has 106 valence electrons. The van der Waals surface area contributed by atoms with Gasteiger partial charge in [0.1, 0.15) is 24.0 Å². The van der Waals surface area contributed by atoms with Crippen molar-refractivity contribution < 1.29 is 22.6 Å². The van der Waals surface area contributed by atoms with E-state index in [4.69, 9.17) is 22.7 Å². The second-order valence-corrected chi connectivity index (χ2v) is 4.88. The quantitative estimate of drug-likeness (QED) is 0.627. The normalized spacial score (nSPS) is 11.4. The third-order valence-corrected chi connectivity index (χ3v) is 2.67. The fourth-order valence-electron chi connectivity index (χ4n) is 1.22. The third-order valence-electron chi connectivity index (χ3n) is 1.96. The smallest absolute Gasteiger partial charge is 0.411 e. The first-order chi connectivity index (χ1) is 8.79. The molecule has 8 heteroatoms. The predicted octanol–water partition coefficient (Wildman–Crippen LogP) is 3.04. The van der Waals surface area contributed by atoms with E-state index in [0.29, 0.717) is 11.3 Å². The maximum absolute atomic E-state index is 11.8. The number of hydrogen-bond acceptors (Lipinski definition) is 3. The molecule has 0 saturated carbocycles. The van der Waals surface area contributed by atoms with Crippen molar-refractivity contribution in [2.75, 3.05) is 19.8 Å². The summed E-state index contributed by atoms with van der Waals surface area (Å²) in [4.78, 5) is 0.146. The fourth-order valence-corrected chi connectivity index (χ4v) is 1.74. The van der Waals surface area contributed by atoms with E-state index in [0.717, 1.165) is 4.47 Å². The lowest BCUT2D eigenvalue weighted by atomic mass is 10.2. The average molecular weight is 358 g/mol. The van der Waals surface area contributed by atoms with Crippen molar-refractivity contribution in [3.8, 4) is 5.75 Å². The Labute approximate surface area is 122 Å². The number of ether oxygens (including phenoxy) is 2. The largest absolute Gasteiger partial charge is 0.490 e. The molecule has 0 atom stereocenters. The minimum Gasteiger partial charge on any atom is -0.490 e. The van der Waals surface area contributed by atoms with Gasteiger partial charge in [0.15, 0.2) is 0 Å². The van der Waals surface area contributed by atoms with Gasteiger partial charge in [-0.25, -0.2) is 0 Å². The topological polar surface area (TPSA) is 44.5 Å². The van der Waals surface area contributed by atoms with E-state index in [9.17, 15) is 13.2 Å². The monoisotopic (exact) mass is 357 g/mol. The van der Waals surface area contributed by atoms with Crippen LogP contribution in [-0.2, 0) is 4.74 Å². The summed E-state index contributed by atoms with van der Waals surface area (Å²) >= 11 is 8.12. The number of rotatable bonds is 6. The zero-order chi connectivity index (χ0) is 14.5. The molecule has 19 heavy (non-hydrogen) atoms. The van der Waals surface area contributed by atoms with Gasteiger partial charge in [0, 0.05) is 4.47 Å². The summed E-state index contributed by atoms with van der Waals surface area (Å²) in [6.07, 6.45) is -4.33. The maximum Gasteiger partial charge on any atom is 0.411 e. The first-order valence-electron chi connectivity index (χ1n) is 5.16. The van der Waals surface area contributed by atoms with Gasteiger partial charge in [-0.2, -0.15) is 13.2 Å². The van der Waals surface area contributed by atoms with Gasteiger partial charge >= 0.3 is 6.18 Å². The van der Waals surface area contributed by atoms with Crippen molar-refractivity contribution >= 4 is 33.1 Å². The molecule has 0 aliphatic heterocycles. The molecule has 1 aromatic carbocycles. The summed E-state index contributed by atoms with van der Waals surface area (Å²) in [5.74, 6) is 0.409. The maximum atomic E-state index is 11.8. The first-order valence-corrected chi connectivity index (χ1v) is 6.36. The van der Waals surface area contributed by atoms with Crippen molar-refractivity contribution in [1.82, 2.24) is 0 Å². The molecule has 0 spiro atoms. The molecule has 0 radical (unpaired) electrons. The van der Waals surface area contributed by atoms with E-state index in [1.54, 1.807) is 18.2 Å². The summed E-state index contributed by atoms with van der Waals surface area (Å²) in [7, 11) is 0. The van der Waals surface area contributed by atoms with Crippen molar-refractivity contribution in [3.63, 3.8) is 0 Å². The highest BCUT2D eigenvalue weighted by Gasteiger charge is 2.27. The highest BCUT2D eigenvalue weighted by Crippen LogP contribution is 2.23. The molecular weight excluding hydrogens is 347 g/mol. The number of hydrogen-bond donors (Lipinski definition) is 1. The summed E-state index contributed by atoms with van der Waals surface area (Å²) in [6, 6.07) is 5.02. The van der Waals surface area contributed by atoms with Crippen LogP contribution in [0.3, 0.4) is 0 Å². The molecule has 1 rings (SSSR count). The molecule has 2 N–H and O–H groups in total. The van der Waals surface area contributed by atoms with Crippen LogP contribution in [-0.4, -0.2) is 31.0 Å². The van der Waals surface area contributed by atoms with Crippen LogP contribution in [0.2, 0.25) is 0 Å². The molecule has 0 saturated heterocycles. The summed E-state index contributed by atoms with van der Waals surface area (Å²) in [6.45, 7) is -1.49. The lowest BCUT2D eigenvalue weighted by molar-refractivity contribution is -0.175. The van der Waals surface area contributed by atoms with Crippen LogP contribution in [0.1, 0.15) is 5.56 Å². The summed E-state index contributed by atoms with van der Waals surface area (Å²) < 4.78 is 45.9. The second-order valence-electron chi connectivity index (χ2n) is 3.52. The Hall–Kier alpha value is -0.860. The minimum absolute atomic E-state index is 0.0205. The van der Waals surface area contributed by atoms with Crippen molar-refractivity contribution in [2.45, 2.75) is 6.18 Å². The Morgan fingerprint density at radius 2 is 2.00 bits per heavy atom. The molecular formula is C11H11BrF3NO2S. The lowest BCUT2D eigenvalue weighted by Gasteiger charge is -2.12. The van der Waals surface area contributed by atoms with E-state index >= 15 is 0 Å². The van der Waals surface area contributed by atoms with Crippen LogP contribution in [0.15, 0.2) is 22.7 Å². The Balaban J connectivity index is 2.47. The van der Waals surface area contributed by atoms with E-state index in [1.807, 2.05) is 0 Å². The third kappa shape index (κ3) is 6.22. The van der Waals surface area contributed by atoms with Gasteiger partial charge in [0.2, 0.25) is 0 Å². The lowest BCUT2D eigenvalue weighted by Crippen LogP contribution is -2.20. The second kappa shape index (κ2) is 7.06. The molecule has 0 amide bonds. The highest BCUT2D eigenvalue weighted by molar-refractivity contribution is 9.10. The molecule has 0 unspecified atom stereocenters. The SMILES string of the molecule is NC(=S)c1cc(Br)ccc1OCCOCC(F)(F)F. The van der Waals surface area contributed by atoms with Gasteiger partial charge < -0.3 is 15.2 Å². The standard InChI is InChI=1S/C11H11BrF3NO2S/c12-7-1-2-9(8(5-7)10(16)19)18-4-3-17-6-11(13,14)15/h1-2,5H,3-4,6H2,(H2,16,19). The van der Waals surface area contributed by atoms with Crippen LogP contribution in [0.25, 0.3) is 0 Å². The summed E-state index contributed by atoms with van der Waals surface area (Å²) in [5.41, 5.74) is 6.04. The number of benzene rings is 1. The van der Waals surface area contributed by atoms with Crippen LogP contribution < -0.4 is 10.5 Å². The number of halogens is 4. The number of thiocarbonyl (C=S) groups is 1. The van der Waals surface area contributed by atoms with Crippen LogP contribution in [0.5, 0.6) is 5.75 Å². The molecule has 0 bridgehead atoms. The van der Waals surface area contributed by atoms with E-state index in [1.165, 1.54) is 0 Å². The van der Waals surface area contributed by atoms with Gasteiger partial charge in [0.25, 0.3) is 0 Å². The number of alkyl halides is 3. The van der Waals surface area contributed by atoms with Gasteiger partial charge in [-0.3, -0.25) is 0 Å². The Morgan fingerprint density at radius 1 is 1.32 bits per heavy atom. The molecule has 3 nitrogen and oxygen atoms in total. The zero-order valence-electron chi connectivity index (χ0n) is 9.67. The molecule has 0 fully saturated rings. The average Bonchev–Trinajstić information content (AvgIpc) is 2.28. The predicted molar refractivity (Wildman–Crippen MR) is 72.4 cm³/mol. The Bertz CT molecular complexity index is 454. The van der Waals surface area contributed by atoms with Crippen LogP contribution >= 0.6 is 28.1 Å². The first kappa shape index (κ1) is 16.2. The van der Waals surface area contributed by atoms with Gasteiger partial charge in [-0.1, -0.05) is 28.1 Å². The van der Waals surface area contributed by atoms with Gasteiger partial charge in [0.05, 0.1) is 12.2 Å². The van der Waals surface area contributed by atoms with Crippen molar-refractivity contribution in [1.29, 1.82) is 0 Å². The summed E-state index contributed by atoms with van der Waals surface area (Å²) in [5, 5.41) is 0. The highest BCUT2D eigenvalue weighted by atomic mass is 79.9. The van der Waals surface area contributed by atoms with E-state index in [2.05, 4.69) is 20.7 Å². The van der Waals surface area contributed by atoms with Crippen LogP contribution in [0, 0.1) is 0 Å². The van der Waals surface area contributed by atoms with Crippen molar-refractivity contribution in [3.05, 3.63) is 28.2 Å². The van der Waals surface area contributed by atoms with Gasteiger partial charge in [-0.15, -0.1) is 0 Å². The Kier molecular flexibility index (Phi) is 6.02. The molecule has 0 aromatic heterocycles. The van der Waals surface area contributed by atoms with E-state index in [-0.39, 0.29) is 18.2 Å². The minimum atomic E-state index is -4.33. The van der Waals surface area contributed by atoms with Crippen molar-refractivity contribution in [2.24, 2.45) is 5.73 Å². The van der Waals surface area contributed by atoms with Gasteiger partial charge in [-0.05, 0) is 18.2 Å². The zero-order valence-corrected chi connectivity index (χ0v) is 12.1.